The Morgan fingerprint density at radius 1 is 1.07 bits per heavy atom. The van der Waals surface area contributed by atoms with Crippen LogP contribution in [0, 0.1) is 6.92 Å². The lowest BCUT2D eigenvalue weighted by Gasteiger charge is -2.11. The van der Waals surface area contributed by atoms with E-state index in [-0.39, 0.29) is 11.2 Å². The topological polar surface area (TPSA) is 67.2 Å². The van der Waals surface area contributed by atoms with Crippen LogP contribution in [0.2, 0.25) is 5.02 Å². The molecule has 0 saturated carbocycles. The van der Waals surface area contributed by atoms with Crippen molar-refractivity contribution in [2.75, 3.05) is 11.9 Å². The largest absolute Gasteiger partial charge is 0.503 e. The van der Waals surface area contributed by atoms with Gasteiger partial charge >= 0.3 is 0 Å². The number of aromatic hydroxyl groups is 1. The standard InChI is InChI=1S/C23H28ClN3O2/c1-17-14-22(28)23(29)16-27(17)13-7-5-3-2-4-6-11-25-20-10-12-26-21-15-18(24)8-9-19(20)21/h8-10,12,14-16,29H,2-7,11,13H2,1H3,(H,25,26). The zero-order valence-electron chi connectivity index (χ0n) is 16.8. The number of pyridine rings is 2. The first-order chi connectivity index (χ1) is 14.0. The van der Waals surface area contributed by atoms with E-state index in [0.29, 0.717) is 5.02 Å². The van der Waals surface area contributed by atoms with Gasteiger partial charge in [-0.05, 0) is 44.0 Å². The summed E-state index contributed by atoms with van der Waals surface area (Å²) in [4.78, 5) is 15.8. The van der Waals surface area contributed by atoms with Crippen LogP contribution in [0.15, 0.2) is 47.5 Å². The summed E-state index contributed by atoms with van der Waals surface area (Å²) in [5, 5.41) is 14.9. The van der Waals surface area contributed by atoms with Gasteiger partial charge in [0.25, 0.3) is 0 Å². The number of hydrogen-bond donors (Lipinski definition) is 2. The molecular formula is C23H28ClN3O2. The molecule has 0 aliphatic rings. The maximum absolute atomic E-state index is 11.4. The molecule has 0 radical (unpaired) electrons. The number of aryl methyl sites for hydroxylation is 2. The van der Waals surface area contributed by atoms with E-state index in [1.165, 1.54) is 25.3 Å². The molecule has 154 valence electrons. The molecule has 0 unspecified atom stereocenters. The maximum Gasteiger partial charge on any atom is 0.223 e. The van der Waals surface area contributed by atoms with Gasteiger partial charge in [0, 0.05) is 53.3 Å². The minimum Gasteiger partial charge on any atom is -0.503 e. The lowest BCUT2D eigenvalue weighted by atomic mass is 10.1. The number of fused-ring (bicyclic) bond motifs is 1. The van der Waals surface area contributed by atoms with Crippen LogP contribution >= 0.6 is 11.6 Å². The summed E-state index contributed by atoms with van der Waals surface area (Å²) in [7, 11) is 0. The third-order valence-corrected chi connectivity index (χ3v) is 5.40. The second kappa shape index (κ2) is 10.3. The summed E-state index contributed by atoms with van der Waals surface area (Å²) in [6.45, 7) is 3.67. The number of aromatic nitrogens is 2. The molecule has 2 aromatic heterocycles. The Morgan fingerprint density at radius 3 is 2.66 bits per heavy atom. The zero-order valence-corrected chi connectivity index (χ0v) is 17.6. The van der Waals surface area contributed by atoms with Crippen LogP contribution in [0.1, 0.15) is 44.2 Å². The van der Waals surface area contributed by atoms with Crippen molar-refractivity contribution in [1.29, 1.82) is 0 Å². The van der Waals surface area contributed by atoms with Crippen molar-refractivity contribution in [2.45, 2.75) is 52.0 Å². The number of hydrogen-bond acceptors (Lipinski definition) is 4. The van der Waals surface area contributed by atoms with E-state index in [4.69, 9.17) is 11.6 Å². The first kappa shape index (κ1) is 21.2. The average Bonchev–Trinajstić information content (AvgIpc) is 2.70. The molecule has 1 aromatic carbocycles. The summed E-state index contributed by atoms with van der Waals surface area (Å²) in [6, 6.07) is 9.29. The Labute approximate surface area is 176 Å². The van der Waals surface area contributed by atoms with Crippen LogP contribution in [0.4, 0.5) is 5.69 Å². The minimum atomic E-state index is -0.309. The van der Waals surface area contributed by atoms with Gasteiger partial charge in [-0.15, -0.1) is 0 Å². The van der Waals surface area contributed by atoms with Crippen molar-refractivity contribution < 1.29 is 5.11 Å². The number of rotatable bonds is 10. The fourth-order valence-corrected chi connectivity index (χ4v) is 3.68. The molecular weight excluding hydrogens is 386 g/mol. The van der Waals surface area contributed by atoms with Crippen molar-refractivity contribution in [3.8, 4) is 5.75 Å². The highest BCUT2D eigenvalue weighted by molar-refractivity contribution is 6.31. The van der Waals surface area contributed by atoms with Gasteiger partial charge in [-0.3, -0.25) is 9.78 Å². The van der Waals surface area contributed by atoms with Gasteiger partial charge < -0.3 is 15.0 Å². The number of unbranched alkanes of at least 4 members (excludes halogenated alkanes) is 5. The SMILES string of the molecule is Cc1cc(=O)c(O)cn1CCCCCCCCNc1ccnc2cc(Cl)ccc12. The minimum absolute atomic E-state index is 0.173. The van der Waals surface area contributed by atoms with Crippen LogP contribution < -0.4 is 10.7 Å². The molecule has 5 nitrogen and oxygen atoms in total. The Hall–Kier alpha value is -2.53. The monoisotopic (exact) mass is 413 g/mol. The molecule has 0 fully saturated rings. The Kier molecular flexibility index (Phi) is 7.53. The summed E-state index contributed by atoms with van der Waals surface area (Å²) in [6.07, 6.45) is 10.3. The number of benzene rings is 1. The lowest BCUT2D eigenvalue weighted by Crippen LogP contribution is -2.09. The van der Waals surface area contributed by atoms with Gasteiger partial charge in [0.15, 0.2) is 5.75 Å². The third-order valence-electron chi connectivity index (χ3n) is 5.17. The number of nitrogens with zero attached hydrogens (tertiary/aromatic N) is 2. The molecule has 2 N–H and O–H groups in total. The summed E-state index contributed by atoms with van der Waals surface area (Å²) < 4.78 is 1.95. The molecule has 0 saturated heterocycles. The van der Waals surface area contributed by atoms with E-state index in [2.05, 4.69) is 10.3 Å². The summed E-state index contributed by atoms with van der Waals surface area (Å²) in [5.74, 6) is -0.173. The van der Waals surface area contributed by atoms with Gasteiger partial charge in [0.05, 0.1) is 5.52 Å². The second-order valence-corrected chi connectivity index (χ2v) is 7.86. The normalized spacial score (nSPS) is 11.1. The Bertz CT molecular complexity index is 1020. The molecule has 6 heteroatoms. The van der Waals surface area contributed by atoms with Crippen LogP contribution in [-0.2, 0) is 6.54 Å². The van der Waals surface area contributed by atoms with Crippen molar-refractivity contribution in [1.82, 2.24) is 9.55 Å². The van der Waals surface area contributed by atoms with Crippen molar-refractivity contribution in [3.05, 3.63) is 63.7 Å². The van der Waals surface area contributed by atoms with Gasteiger partial charge in [-0.25, -0.2) is 0 Å². The fourth-order valence-electron chi connectivity index (χ4n) is 3.51. The fraction of sp³-hybridized carbons (Fsp3) is 0.391. The van der Waals surface area contributed by atoms with Crippen molar-refractivity contribution in [2.24, 2.45) is 0 Å². The van der Waals surface area contributed by atoms with Crippen LogP contribution in [0.25, 0.3) is 10.9 Å². The molecule has 2 heterocycles. The highest BCUT2D eigenvalue weighted by Gasteiger charge is 2.03. The molecule has 29 heavy (non-hydrogen) atoms. The van der Waals surface area contributed by atoms with Crippen LogP contribution in [0.3, 0.4) is 0 Å². The van der Waals surface area contributed by atoms with Crippen molar-refractivity contribution in [3.63, 3.8) is 0 Å². The number of anilines is 1. The first-order valence-corrected chi connectivity index (χ1v) is 10.6. The van der Waals surface area contributed by atoms with Crippen LogP contribution in [0.5, 0.6) is 5.75 Å². The Morgan fingerprint density at radius 2 is 1.83 bits per heavy atom. The molecule has 0 atom stereocenters. The zero-order chi connectivity index (χ0) is 20.6. The molecule has 0 spiro atoms. The van der Waals surface area contributed by atoms with E-state index in [1.807, 2.05) is 42.0 Å². The molecule has 0 bridgehead atoms. The van der Waals surface area contributed by atoms with E-state index in [9.17, 15) is 9.90 Å². The molecule has 0 amide bonds. The second-order valence-electron chi connectivity index (χ2n) is 7.43. The lowest BCUT2D eigenvalue weighted by molar-refractivity contribution is 0.455. The van der Waals surface area contributed by atoms with E-state index in [0.717, 1.165) is 54.6 Å². The molecule has 0 aliphatic heterocycles. The van der Waals surface area contributed by atoms with Gasteiger partial charge in [0.1, 0.15) is 0 Å². The predicted molar refractivity (Wildman–Crippen MR) is 120 cm³/mol. The average molecular weight is 414 g/mol. The van der Waals surface area contributed by atoms with E-state index >= 15 is 0 Å². The van der Waals surface area contributed by atoms with Crippen molar-refractivity contribution >= 4 is 28.2 Å². The molecule has 3 aromatic rings. The van der Waals surface area contributed by atoms with Crippen LogP contribution in [-0.4, -0.2) is 21.2 Å². The van der Waals surface area contributed by atoms with Gasteiger partial charge in [-0.2, -0.15) is 0 Å². The van der Waals surface area contributed by atoms with E-state index in [1.54, 1.807) is 6.20 Å². The van der Waals surface area contributed by atoms with Gasteiger partial charge in [0.2, 0.25) is 5.43 Å². The predicted octanol–water partition coefficient (Wildman–Crippen LogP) is 5.52. The quantitative estimate of drug-likeness (QED) is 0.429. The summed E-state index contributed by atoms with van der Waals surface area (Å²) >= 11 is 6.04. The van der Waals surface area contributed by atoms with E-state index < -0.39 is 0 Å². The number of nitrogens with one attached hydrogen (secondary N) is 1. The number of halogens is 1. The summed E-state index contributed by atoms with van der Waals surface area (Å²) in [5.41, 5.74) is 2.60. The highest BCUT2D eigenvalue weighted by atomic mass is 35.5. The highest BCUT2D eigenvalue weighted by Crippen LogP contribution is 2.24. The smallest absolute Gasteiger partial charge is 0.223 e. The first-order valence-electron chi connectivity index (χ1n) is 10.2. The van der Waals surface area contributed by atoms with Gasteiger partial charge in [-0.1, -0.05) is 37.3 Å². The molecule has 0 aliphatic carbocycles. The molecule has 3 rings (SSSR count). The Balaban J connectivity index is 1.31. The maximum atomic E-state index is 11.4. The third kappa shape index (κ3) is 5.97.